The highest BCUT2D eigenvalue weighted by Gasteiger charge is 2.32. The Balaban J connectivity index is 1.69. The second kappa shape index (κ2) is 5.88. The zero-order chi connectivity index (χ0) is 14.1. The molecule has 1 aromatic heterocycles. The highest BCUT2D eigenvalue weighted by Crippen LogP contribution is 2.24. The third-order valence-corrected chi connectivity index (χ3v) is 4.65. The Bertz CT molecular complexity index is 517. The fraction of sp³-hybridized carbons (Fsp3) is 0.571. The Hall–Kier alpha value is -0.840. The Kier molecular flexibility index (Phi) is 4.15. The van der Waals surface area contributed by atoms with Crippen molar-refractivity contribution in [3.05, 3.63) is 28.0 Å². The van der Waals surface area contributed by atoms with Crippen molar-refractivity contribution in [3.63, 3.8) is 0 Å². The molecule has 3 heterocycles. The minimum Gasteiger partial charge on any atom is -0.337 e. The average Bonchev–Trinajstić information content (AvgIpc) is 3.09. The van der Waals surface area contributed by atoms with Crippen molar-refractivity contribution in [1.82, 2.24) is 14.8 Å². The van der Waals surface area contributed by atoms with E-state index in [1.807, 2.05) is 4.90 Å². The molecular formula is C14H17Cl2N3O. The summed E-state index contributed by atoms with van der Waals surface area (Å²) in [6.45, 7) is 3.91. The molecule has 2 aliphatic heterocycles. The van der Waals surface area contributed by atoms with E-state index in [2.05, 4.69) is 9.88 Å². The number of rotatable bonds is 2. The summed E-state index contributed by atoms with van der Waals surface area (Å²) in [5, 5.41) is 0.495. The summed E-state index contributed by atoms with van der Waals surface area (Å²) in [5.74, 6) is -0.0409. The zero-order valence-electron chi connectivity index (χ0n) is 11.2. The molecule has 4 nitrogen and oxygen atoms in total. The smallest absolute Gasteiger partial charge is 0.257 e. The first-order chi connectivity index (χ1) is 9.65. The number of hydrogen-bond donors (Lipinski definition) is 0. The van der Waals surface area contributed by atoms with Crippen molar-refractivity contribution in [1.29, 1.82) is 0 Å². The molecule has 2 aliphatic rings. The molecule has 1 amide bonds. The Morgan fingerprint density at radius 3 is 2.65 bits per heavy atom. The molecule has 20 heavy (non-hydrogen) atoms. The molecule has 6 heteroatoms. The van der Waals surface area contributed by atoms with Gasteiger partial charge in [0.15, 0.2) is 0 Å². The number of nitrogens with zero attached hydrogens (tertiary/aromatic N) is 3. The predicted octanol–water partition coefficient (Wildman–Crippen LogP) is 2.70. The van der Waals surface area contributed by atoms with E-state index in [9.17, 15) is 4.79 Å². The normalized spacial score (nSPS) is 23.5. The van der Waals surface area contributed by atoms with E-state index < -0.39 is 0 Å². The van der Waals surface area contributed by atoms with Crippen LogP contribution in [0.5, 0.6) is 0 Å². The third kappa shape index (κ3) is 2.78. The molecule has 0 N–H and O–H groups in total. The van der Waals surface area contributed by atoms with Crippen LogP contribution in [0.2, 0.25) is 10.3 Å². The third-order valence-electron chi connectivity index (χ3n) is 4.15. The van der Waals surface area contributed by atoms with Gasteiger partial charge >= 0.3 is 0 Å². The summed E-state index contributed by atoms with van der Waals surface area (Å²) in [6.07, 6.45) is 3.60. The number of halogens is 2. The summed E-state index contributed by atoms with van der Waals surface area (Å²) in [5.41, 5.74) is 0.443. The van der Waals surface area contributed by atoms with Crippen molar-refractivity contribution >= 4 is 29.1 Å². The SMILES string of the molecule is O=C(c1ccc(Cl)nc1Cl)N1CCC(N2CCCC2)C1. The Labute approximate surface area is 128 Å². The fourth-order valence-electron chi connectivity index (χ4n) is 3.07. The van der Waals surface area contributed by atoms with Gasteiger partial charge in [0, 0.05) is 19.1 Å². The minimum absolute atomic E-state index is 0.0409. The first kappa shape index (κ1) is 14.1. The lowest BCUT2D eigenvalue weighted by Crippen LogP contribution is -2.37. The van der Waals surface area contributed by atoms with Crippen LogP contribution >= 0.6 is 23.2 Å². The van der Waals surface area contributed by atoms with Gasteiger partial charge in [-0.1, -0.05) is 23.2 Å². The highest BCUT2D eigenvalue weighted by atomic mass is 35.5. The van der Waals surface area contributed by atoms with Crippen LogP contribution in [0, 0.1) is 0 Å². The first-order valence-corrected chi connectivity index (χ1v) is 7.76. The first-order valence-electron chi connectivity index (χ1n) is 7.00. The zero-order valence-corrected chi connectivity index (χ0v) is 12.7. The lowest BCUT2D eigenvalue weighted by atomic mass is 10.2. The maximum absolute atomic E-state index is 12.5. The van der Waals surface area contributed by atoms with Gasteiger partial charge in [0.1, 0.15) is 10.3 Å². The van der Waals surface area contributed by atoms with Crippen LogP contribution < -0.4 is 0 Å². The fourth-order valence-corrected chi connectivity index (χ4v) is 3.50. The molecular weight excluding hydrogens is 297 g/mol. The maximum atomic E-state index is 12.5. The van der Waals surface area contributed by atoms with Gasteiger partial charge in [-0.05, 0) is 44.5 Å². The summed E-state index contributed by atoms with van der Waals surface area (Å²) in [4.78, 5) is 20.8. The van der Waals surface area contributed by atoms with Crippen LogP contribution in [-0.2, 0) is 0 Å². The van der Waals surface area contributed by atoms with Crippen LogP contribution in [-0.4, -0.2) is 52.9 Å². The molecule has 0 aromatic carbocycles. The molecule has 2 saturated heterocycles. The lowest BCUT2D eigenvalue weighted by molar-refractivity contribution is 0.0780. The second-order valence-corrected chi connectivity index (χ2v) is 6.15. The molecule has 108 valence electrons. The van der Waals surface area contributed by atoms with E-state index >= 15 is 0 Å². The molecule has 1 atom stereocenters. The van der Waals surface area contributed by atoms with Gasteiger partial charge in [-0.15, -0.1) is 0 Å². The number of aromatic nitrogens is 1. The molecule has 0 aliphatic carbocycles. The monoisotopic (exact) mass is 313 g/mol. The van der Waals surface area contributed by atoms with Gasteiger partial charge in [-0.25, -0.2) is 4.98 Å². The van der Waals surface area contributed by atoms with Crippen LogP contribution in [0.1, 0.15) is 29.6 Å². The quantitative estimate of drug-likeness (QED) is 0.788. The number of pyridine rings is 1. The molecule has 0 radical (unpaired) electrons. The topological polar surface area (TPSA) is 36.4 Å². The number of likely N-dealkylation sites (tertiary alicyclic amines) is 2. The van der Waals surface area contributed by atoms with Crippen LogP contribution in [0.3, 0.4) is 0 Å². The van der Waals surface area contributed by atoms with Gasteiger partial charge < -0.3 is 4.90 Å². The summed E-state index contributed by atoms with van der Waals surface area (Å²) in [6, 6.07) is 3.76. The van der Waals surface area contributed by atoms with E-state index in [-0.39, 0.29) is 11.1 Å². The number of carbonyl (C=O) groups excluding carboxylic acids is 1. The average molecular weight is 314 g/mol. The van der Waals surface area contributed by atoms with Crippen molar-refractivity contribution in [2.24, 2.45) is 0 Å². The Morgan fingerprint density at radius 1 is 1.20 bits per heavy atom. The lowest BCUT2D eigenvalue weighted by Gasteiger charge is -2.23. The number of amides is 1. The van der Waals surface area contributed by atoms with E-state index in [1.54, 1.807) is 12.1 Å². The van der Waals surface area contributed by atoms with Gasteiger partial charge in [0.25, 0.3) is 5.91 Å². The van der Waals surface area contributed by atoms with Gasteiger partial charge in [-0.3, -0.25) is 9.69 Å². The van der Waals surface area contributed by atoms with Crippen molar-refractivity contribution in [2.45, 2.75) is 25.3 Å². The minimum atomic E-state index is -0.0409. The largest absolute Gasteiger partial charge is 0.337 e. The van der Waals surface area contributed by atoms with E-state index in [1.165, 1.54) is 12.8 Å². The molecule has 0 bridgehead atoms. The molecule has 0 saturated carbocycles. The van der Waals surface area contributed by atoms with Crippen molar-refractivity contribution < 1.29 is 4.79 Å². The van der Waals surface area contributed by atoms with E-state index in [0.29, 0.717) is 16.8 Å². The number of hydrogen-bond acceptors (Lipinski definition) is 3. The molecule has 2 fully saturated rings. The predicted molar refractivity (Wildman–Crippen MR) is 79.4 cm³/mol. The standard InChI is InChI=1S/C14H17Cl2N3O/c15-12-4-3-11(13(16)17-12)14(20)19-8-5-10(9-19)18-6-1-2-7-18/h3-4,10H,1-2,5-9H2. The van der Waals surface area contributed by atoms with E-state index in [4.69, 9.17) is 23.2 Å². The summed E-state index contributed by atoms with van der Waals surface area (Å²) < 4.78 is 0. The summed E-state index contributed by atoms with van der Waals surface area (Å²) in [7, 11) is 0. The number of carbonyl (C=O) groups is 1. The maximum Gasteiger partial charge on any atom is 0.257 e. The molecule has 1 aromatic rings. The molecule has 1 unspecified atom stereocenters. The van der Waals surface area contributed by atoms with Gasteiger partial charge in [0.2, 0.25) is 0 Å². The van der Waals surface area contributed by atoms with Crippen molar-refractivity contribution in [3.8, 4) is 0 Å². The highest BCUT2D eigenvalue weighted by molar-refractivity contribution is 6.34. The van der Waals surface area contributed by atoms with Gasteiger partial charge in [-0.2, -0.15) is 0 Å². The summed E-state index contributed by atoms with van der Waals surface area (Å²) >= 11 is 11.8. The van der Waals surface area contributed by atoms with Crippen molar-refractivity contribution in [2.75, 3.05) is 26.2 Å². The second-order valence-electron chi connectivity index (χ2n) is 5.41. The van der Waals surface area contributed by atoms with Crippen LogP contribution in [0.15, 0.2) is 12.1 Å². The van der Waals surface area contributed by atoms with Crippen LogP contribution in [0.25, 0.3) is 0 Å². The van der Waals surface area contributed by atoms with Crippen LogP contribution in [0.4, 0.5) is 0 Å². The molecule has 0 spiro atoms. The van der Waals surface area contributed by atoms with E-state index in [0.717, 1.165) is 32.6 Å². The molecule has 3 rings (SSSR count). The Morgan fingerprint density at radius 2 is 1.95 bits per heavy atom. The van der Waals surface area contributed by atoms with Gasteiger partial charge in [0.05, 0.1) is 5.56 Å².